The van der Waals surface area contributed by atoms with Crippen LogP contribution in [0.4, 0.5) is 13.2 Å². The maximum atomic E-state index is 12.8. The van der Waals surface area contributed by atoms with Gasteiger partial charge in [0, 0.05) is 56.8 Å². The highest BCUT2D eigenvalue weighted by molar-refractivity contribution is 5.62. The normalized spacial score (nSPS) is 20.1. The molecule has 0 saturated carbocycles. The van der Waals surface area contributed by atoms with Crippen LogP contribution < -0.4 is 0 Å². The summed E-state index contributed by atoms with van der Waals surface area (Å²) in [5.41, 5.74) is 3.09. The Labute approximate surface area is 194 Å². The molecule has 2 fully saturated rings. The zero-order chi connectivity index (χ0) is 23.6. The molecule has 0 unspecified atom stereocenters. The summed E-state index contributed by atoms with van der Waals surface area (Å²) in [7, 11) is 3.94. The van der Waals surface area contributed by atoms with Crippen LogP contribution >= 0.6 is 0 Å². The molecule has 0 aliphatic carbocycles. The molecular weight excluding hydrogens is 427 g/mol. The van der Waals surface area contributed by atoms with Gasteiger partial charge in [-0.15, -0.1) is 0 Å². The van der Waals surface area contributed by atoms with Gasteiger partial charge in [-0.25, -0.2) is 0 Å². The third-order valence-electron chi connectivity index (χ3n) is 7.34. The first-order valence-corrected chi connectivity index (χ1v) is 11.5. The van der Waals surface area contributed by atoms with E-state index >= 15 is 0 Å². The second kappa shape index (κ2) is 9.47. The third kappa shape index (κ3) is 5.09. The fourth-order valence-electron chi connectivity index (χ4n) is 5.00. The lowest BCUT2D eigenvalue weighted by Gasteiger charge is -2.40. The Hall–Kier alpha value is -2.38. The van der Waals surface area contributed by atoms with Crippen molar-refractivity contribution in [3.63, 3.8) is 0 Å². The lowest BCUT2D eigenvalue weighted by Crippen LogP contribution is -2.42. The minimum absolute atomic E-state index is 0.171. The average molecular weight is 460 g/mol. The van der Waals surface area contributed by atoms with Gasteiger partial charge in [-0.3, -0.25) is 4.98 Å². The van der Waals surface area contributed by atoms with Crippen LogP contribution in [0.15, 0.2) is 49.2 Å². The maximum Gasteiger partial charge on any atom is 0.417 e. The Morgan fingerprint density at radius 3 is 2.18 bits per heavy atom. The predicted molar refractivity (Wildman–Crippen MR) is 124 cm³/mol. The number of benzene rings is 1. The largest absolute Gasteiger partial charge is 0.417 e. The van der Waals surface area contributed by atoms with Gasteiger partial charge < -0.3 is 14.5 Å². The van der Waals surface area contributed by atoms with E-state index in [0.29, 0.717) is 0 Å². The Morgan fingerprint density at radius 2 is 1.67 bits per heavy atom. The molecule has 0 spiro atoms. The fourth-order valence-corrected chi connectivity index (χ4v) is 5.00. The van der Waals surface area contributed by atoms with E-state index < -0.39 is 11.7 Å². The highest BCUT2D eigenvalue weighted by Crippen LogP contribution is 2.37. The number of likely N-dealkylation sites (tertiary alicyclic amines) is 2. The molecule has 1 aromatic carbocycles. The first-order chi connectivity index (χ1) is 15.7. The van der Waals surface area contributed by atoms with Gasteiger partial charge in [-0.2, -0.15) is 13.2 Å². The number of rotatable bonds is 5. The van der Waals surface area contributed by atoms with Crippen molar-refractivity contribution in [2.45, 2.75) is 43.4 Å². The molecule has 2 aliphatic rings. The lowest BCUT2D eigenvalue weighted by molar-refractivity contribution is -0.137. The second-order valence-electron chi connectivity index (χ2n) is 9.26. The molecule has 4 rings (SSSR count). The molecule has 2 aromatic rings. The molecule has 0 bridgehead atoms. The van der Waals surface area contributed by atoms with Crippen molar-refractivity contribution in [1.82, 2.24) is 14.8 Å². The number of hydrogen-bond donors (Lipinski definition) is 0. The zero-order valence-corrected chi connectivity index (χ0v) is 19.4. The fraction of sp³-hybridized carbons (Fsp3) is 0.500. The van der Waals surface area contributed by atoms with Gasteiger partial charge in [-0.05, 0) is 56.0 Å². The molecule has 2 saturated heterocycles. The summed E-state index contributed by atoms with van der Waals surface area (Å²) < 4.78 is 44.3. The van der Waals surface area contributed by atoms with Crippen molar-refractivity contribution in [3.05, 3.63) is 71.6 Å². The number of halogens is 3. The van der Waals surface area contributed by atoms with E-state index in [4.69, 9.17) is 4.74 Å². The quantitative estimate of drug-likeness (QED) is 0.589. The highest BCUT2D eigenvalue weighted by Gasteiger charge is 2.35. The molecule has 0 atom stereocenters. The van der Waals surface area contributed by atoms with Gasteiger partial charge in [0.05, 0.1) is 11.2 Å². The summed E-state index contributed by atoms with van der Waals surface area (Å²) in [5, 5.41) is 0. The van der Waals surface area contributed by atoms with Crippen LogP contribution in [0.5, 0.6) is 0 Å². The molecule has 0 N–H and O–H groups in total. The molecule has 33 heavy (non-hydrogen) atoms. The van der Waals surface area contributed by atoms with Gasteiger partial charge >= 0.3 is 6.18 Å². The molecule has 0 amide bonds. The summed E-state index contributed by atoms with van der Waals surface area (Å²) in [5.74, 6) is 0.171. The predicted octanol–water partition coefficient (Wildman–Crippen LogP) is 5.52. The summed E-state index contributed by atoms with van der Waals surface area (Å²) in [6, 6.07) is 11.2. The number of alkyl halides is 3. The monoisotopic (exact) mass is 459 g/mol. The summed E-state index contributed by atoms with van der Waals surface area (Å²) in [6.45, 7) is 7.98. The third-order valence-corrected chi connectivity index (χ3v) is 7.34. The van der Waals surface area contributed by atoms with Crippen molar-refractivity contribution in [2.24, 2.45) is 0 Å². The average Bonchev–Trinajstić information content (AvgIpc) is 2.84. The van der Waals surface area contributed by atoms with E-state index in [0.717, 1.165) is 81.1 Å². The van der Waals surface area contributed by atoms with E-state index in [-0.39, 0.29) is 11.5 Å². The van der Waals surface area contributed by atoms with Crippen molar-refractivity contribution >= 4 is 5.70 Å². The number of pyridine rings is 1. The first-order valence-electron chi connectivity index (χ1n) is 11.5. The second-order valence-corrected chi connectivity index (χ2v) is 9.26. The maximum absolute atomic E-state index is 12.8. The number of piperidine rings is 2. The van der Waals surface area contributed by atoms with Gasteiger partial charge in [0.2, 0.25) is 0 Å². The van der Waals surface area contributed by atoms with Crippen molar-refractivity contribution in [2.75, 3.05) is 40.3 Å². The molecule has 2 aliphatic heterocycles. The lowest BCUT2D eigenvalue weighted by atomic mass is 9.83. The van der Waals surface area contributed by atoms with Gasteiger partial charge in [-0.1, -0.05) is 30.8 Å². The van der Waals surface area contributed by atoms with Crippen LogP contribution in [0.3, 0.4) is 0 Å². The van der Waals surface area contributed by atoms with Crippen molar-refractivity contribution in [1.29, 1.82) is 0 Å². The zero-order valence-electron chi connectivity index (χ0n) is 19.4. The SMILES string of the molecule is C=C(c1ccc(C2(OC)CCN(C)CC2)cc1)N1CCC(c2ccc(C(F)(F)F)cn2)CC1. The van der Waals surface area contributed by atoms with Gasteiger partial charge in [0.15, 0.2) is 0 Å². The minimum atomic E-state index is -4.35. The van der Waals surface area contributed by atoms with E-state index in [2.05, 4.69) is 52.7 Å². The topological polar surface area (TPSA) is 28.6 Å². The number of methoxy groups -OCH3 is 1. The van der Waals surface area contributed by atoms with E-state index in [1.807, 2.05) is 0 Å². The van der Waals surface area contributed by atoms with Crippen molar-refractivity contribution < 1.29 is 17.9 Å². The van der Waals surface area contributed by atoms with Crippen LogP contribution in [0.2, 0.25) is 0 Å². The highest BCUT2D eigenvalue weighted by atomic mass is 19.4. The van der Waals surface area contributed by atoms with Crippen LogP contribution in [0.1, 0.15) is 54.0 Å². The number of aromatic nitrogens is 1. The molecule has 3 heterocycles. The molecular formula is C26H32F3N3O. The van der Waals surface area contributed by atoms with E-state index in [1.165, 1.54) is 11.6 Å². The molecule has 1 aromatic heterocycles. The minimum Gasteiger partial charge on any atom is -0.373 e. The Morgan fingerprint density at radius 1 is 1.03 bits per heavy atom. The van der Waals surface area contributed by atoms with Crippen LogP contribution in [-0.2, 0) is 16.5 Å². The number of ether oxygens (including phenoxy) is 1. The first kappa shape index (κ1) is 23.8. The number of nitrogens with zero attached hydrogens (tertiary/aromatic N) is 3. The molecule has 4 nitrogen and oxygen atoms in total. The Bertz CT molecular complexity index is 940. The Kier molecular flexibility index (Phi) is 6.82. The van der Waals surface area contributed by atoms with Crippen LogP contribution in [0, 0.1) is 0 Å². The van der Waals surface area contributed by atoms with Gasteiger partial charge in [0.25, 0.3) is 0 Å². The Balaban J connectivity index is 1.37. The van der Waals surface area contributed by atoms with E-state index in [9.17, 15) is 13.2 Å². The summed E-state index contributed by atoms with van der Waals surface area (Å²) in [4.78, 5) is 8.69. The van der Waals surface area contributed by atoms with Crippen molar-refractivity contribution in [3.8, 4) is 0 Å². The van der Waals surface area contributed by atoms with Gasteiger partial charge in [0.1, 0.15) is 0 Å². The van der Waals surface area contributed by atoms with E-state index in [1.54, 1.807) is 7.11 Å². The summed E-state index contributed by atoms with van der Waals surface area (Å²) in [6.07, 6.45) is 0.237. The van der Waals surface area contributed by atoms with Crippen LogP contribution in [-0.4, -0.2) is 55.1 Å². The number of hydrogen-bond acceptors (Lipinski definition) is 4. The summed E-state index contributed by atoms with van der Waals surface area (Å²) >= 11 is 0. The smallest absolute Gasteiger partial charge is 0.373 e. The standard InChI is InChI=1S/C26H32F3N3O/c1-19(20-4-6-22(7-5-20)25(33-3)12-16-31(2)17-13-25)32-14-10-21(11-15-32)24-9-8-23(18-30-24)26(27,28)29/h4-9,18,21H,1,10-17H2,2-3H3. The molecule has 0 radical (unpaired) electrons. The van der Waals surface area contributed by atoms with Crippen LogP contribution in [0.25, 0.3) is 5.70 Å². The molecule has 7 heteroatoms. The molecule has 178 valence electrons.